The number of carbonyl (C=O) groups is 2. The molecule has 0 fully saturated rings. The van der Waals surface area contributed by atoms with Crippen molar-refractivity contribution in [3.63, 3.8) is 0 Å². The number of aromatic nitrogens is 1. The molecule has 196 valence electrons. The Balaban J connectivity index is 1.90. The van der Waals surface area contributed by atoms with E-state index in [1.165, 1.54) is 12.1 Å². The first-order valence-electron chi connectivity index (χ1n) is 11.6. The van der Waals surface area contributed by atoms with Crippen LogP contribution >= 0.6 is 0 Å². The molecule has 0 atom stereocenters. The first-order chi connectivity index (χ1) is 18.1. The van der Waals surface area contributed by atoms with Gasteiger partial charge in [0.25, 0.3) is 0 Å². The SMILES string of the molecule is CCOC(=O)n1c(O)c(C(=Nc2ccc(N(CC(N)=O)S(C)(=O)=O)cc2)c2ccccc2)c2ccccc21. The van der Waals surface area contributed by atoms with Crippen LogP contribution < -0.4 is 10.0 Å². The molecule has 1 heterocycles. The molecule has 4 aromatic rings. The average molecular weight is 535 g/mol. The molecule has 11 heteroatoms. The van der Waals surface area contributed by atoms with E-state index in [0.717, 1.165) is 15.1 Å². The number of aliphatic imine (C=N–C) groups is 1. The predicted octanol–water partition coefficient (Wildman–Crippen LogP) is 3.77. The Bertz CT molecular complexity index is 1630. The molecule has 0 aliphatic carbocycles. The zero-order chi connectivity index (χ0) is 27.4. The van der Waals surface area contributed by atoms with Crippen molar-refractivity contribution in [2.75, 3.05) is 23.7 Å². The van der Waals surface area contributed by atoms with Crippen LogP contribution in [0.5, 0.6) is 5.88 Å². The molecule has 0 aliphatic heterocycles. The van der Waals surface area contributed by atoms with Crippen molar-refractivity contribution >= 4 is 50.0 Å². The number of amides is 1. The molecule has 0 aliphatic rings. The standard InChI is InChI=1S/C27H26N4O6S/c1-3-37-27(34)31-22-12-8-7-11-21(22)24(26(31)33)25(18-9-5-4-6-10-18)29-19-13-15-20(16-14-19)30(17-23(28)32)38(2,35)36/h4-16,33H,3,17H2,1-2H3,(H2,28,32). The molecule has 0 radical (unpaired) electrons. The highest BCUT2D eigenvalue weighted by atomic mass is 32.2. The first-order valence-corrected chi connectivity index (χ1v) is 13.5. The fraction of sp³-hybridized carbons (Fsp3) is 0.148. The number of para-hydroxylation sites is 1. The quantitative estimate of drug-likeness (QED) is 0.329. The maximum Gasteiger partial charge on any atom is 0.421 e. The Labute approximate surface area is 219 Å². The van der Waals surface area contributed by atoms with Gasteiger partial charge in [-0.15, -0.1) is 0 Å². The summed E-state index contributed by atoms with van der Waals surface area (Å²) in [6.07, 6.45) is 0.261. The lowest BCUT2D eigenvalue weighted by molar-refractivity contribution is -0.116. The summed E-state index contributed by atoms with van der Waals surface area (Å²) in [7, 11) is -3.76. The van der Waals surface area contributed by atoms with Crippen LogP contribution in [-0.4, -0.2) is 55.2 Å². The molecule has 4 rings (SSSR count). The Hall–Kier alpha value is -4.64. The number of primary amides is 1. The normalized spacial score (nSPS) is 11.9. The number of nitrogens with two attached hydrogens (primary N) is 1. The Morgan fingerprint density at radius 3 is 2.24 bits per heavy atom. The summed E-state index contributed by atoms with van der Waals surface area (Å²) in [5, 5.41) is 11.9. The highest BCUT2D eigenvalue weighted by Crippen LogP contribution is 2.35. The van der Waals surface area contributed by atoms with Crippen LogP contribution in [0.15, 0.2) is 83.9 Å². The van der Waals surface area contributed by atoms with Gasteiger partial charge in [-0.1, -0.05) is 48.5 Å². The van der Waals surface area contributed by atoms with E-state index >= 15 is 0 Å². The number of nitrogens with zero attached hydrogens (tertiary/aromatic N) is 3. The second kappa shape index (κ2) is 10.8. The van der Waals surface area contributed by atoms with E-state index < -0.39 is 28.6 Å². The van der Waals surface area contributed by atoms with Gasteiger partial charge in [0.05, 0.1) is 41.0 Å². The second-order valence-corrected chi connectivity index (χ2v) is 10.2. The van der Waals surface area contributed by atoms with Gasteiger partial charge in [-0.05, 0) is 37.3 Å². The number of fused-ring (bicyclic) bond motifs is 1. The molecule has 38 heavy (non-hydrogen) atoms. The number of benzene rings is 3. The van der Waals surface area contributed by atoms with Crippen molar-refractivity contribution in [3.8, 4) is 5.88 Å². The molecule has 3 N–H and O–H groups in total. The highest BCUT2D eigenvalue weighted by Gasteiger charge is 2.26. The Morgan fingerprint density at radius 1 is 1.00 bits per heavy atom. The summed E-state index contributed by atoms with van der Waals surface area (Å²) in [6.45, 7) is 1.31. The lowest BCUT2D eigenvalue weighted by Gasteiger charge is -2.20. The molecule has 0 bridgehead atoms. The van der Waals surface area contributed by atoms with Gasteiger partial charge in [-0.3, -0.25) is 9.10 Å². The molecular weight excluding hydrogens is 508 g/mol. The van der Waals surface area contributed by atoms with E-state index in [4.69, 9.17) is 15.5 Å². The summed E-state index contributed by atoms with van der Waals surface area (Å²) in [5.41, 5.74) is 7.74. The maximum absolute atomic E-state index is 12.7. The van der Waals surface area contributed by atoms with Crippen molar-refractivity contribution in [1.29, 1.82) is 0 Å². The van der Waals surface area contributed by atoms with Crippen molar-refractivity contribution in [2.45, 2.75) is 6.92 Å². The van der Waals surface area contributed by atoms with Crippen molar-refractivity contribution in [1.82, 2.24) is 4.57 Å². The van der Waals surface area contributed by atoms with E-state index in [9.17, 15) is 23.1 Å². The molecule has 3 aromatic carbocycles. The van der Waals surface area contributed by atoms with Crippen LogP contribution in [0, 0.1) is 0 Å². The van der Waals surface area contributed by atoms with Gasteiger partial charge in [-0.2, -0.15) is 0 Å². The number of rotatable bonds is 8. The molecule has 0 unspecified atom stereocenters. The fourth-order valence-electron chi connectivity index (χ4n) is 4.06. The summed E-state index contributed by atoms with van der Waals surface area (Å²) < 4.78 is 31.5. The van der Waals surface area contributed by atoms with E-state index in [1.54, 1.807) is 43.3 Å². The van der Waals surface area contributed by atoms with Crippen LogP contribution in [0.25, 0.3) is 10.9 Å². The number of anilines is 1. The number of hydrogen-bond acceptors (Lipinski definition) is 7. The molecule has 1 aromatic heterocycles. The highest BCUT2D eigenvalue weighted by molar-refractivity contribution is 7.92. The van der Waals surface area contributed by atoms with Crippen molar-refractivity contribution in [3.05, 3.63) is 90.0 Å². The summed E-state index contributed by atoms with van der Waals surface area (Å²) in [6, 6.07) is 22.3. The van der Waals surface area contributed by atoms with Crippen LogP contribution in [0.2, 0.25) is 0 Å². The van der Waals surface area contributed by atoms with Crippen LogP contribution in [-0.2, 0) is 19.6 Å². The van der Waals surface area contributed by atoms with Gasteiger partial charge in [0.15, 0.2) is 0 Å². The monoisotopic (exact) mass is 534 g/mol. The number of sulfonamides is 1. The number of carbonyl (C=O) groups excluding carboxylic acids is 2. The number of hydrogen-bond donors (Lipinski definition) is 2. The van der Waals surface area contributed by atoms with E-state index in [2.05, 4.69) is 0 Å². The first kappa shape index (κ1) is 26.4. The summed E-state index contributed by atoms with van der Waals surface area (Å²) >= 11 is 0. The molecule has 10 nitrogen and oxygen atoms in total. The molecule has 0 saturated carbocycles. The number of aromatic hydroxyl groups is 1. The minimum Gasteiger partial charge on any atom is -0.494 e. The molecule has 0 saturated heterocycles. The second-order valence-electron chi connectivity index (χ2n) is 8.33. The third-order valence-electron chi connectivity index (χ3n) is 5.66. The van der Waals surface area contributed by atoms with Crippen LogP contribution in [0.1, 0.15) is 18.1 Å². The third-order valence-corrected chi connectivity index (χ3v) is 6.80. The minimum absolute atomic E-state index is 0.131. The van der Waals surface area contributed by atoms with Gasteiger partial charge >= 0.3 is 6.09 Å². The molecule has 1 amide bonds. The largest absolute Gasteiger partial charge is 0.494 e. The van der Waals surface area contributed by atoms with Gasteiger partial charge < -0.3 is 15.6 Å². The zero-order valence-electron chi connectivity index (χ0n) is 20.7. The van der Waals surface area contributed by atoms with Crippen molar-refractivity contribution < 1.29 is 27.9 Å². The smallest absolute Gasteiger partial charge is 0.421 e. The van der Waals surface area contributed by atoms with Crippen LogP contribution in [0.3, 0.4) is 0 Å². The van der Waals surface area contributed by atoms with E-state index in [0.29, 0.717) is 33.4 Å². The summed E-state index contributed by atoms with van der Waals surface area (Å²) in [5.74, 6) is -1.12. The lowest BCUT2D eigenvalue weighted by Crippen LogP contribution is -2.37. The molecule has 0 spiro atoms. The third kappa shape index (κ3) is 5.37. The van der Waals surface area contributed by atoms with Gasteiger partial charge in [-0.25, -0.2) is 22.8 Å². The Kier molecular flexibility index (Phi) is 7.49. The Morgan fingerprint density at radius 2 is 1.63 bits per heavy atom. The van der Waals surface area contributed by atoms with Gasteiger partial charge in [0.2, 0.25) is 21.8 Å². The average Bonchev–Trinajstić information content (AvgIpc) is 3.18. The van der Waals surface area contributed by atoms with Gasteiger partial charge in [0, 0.05) is 10.9 Å². The van der Waals surface area contributed by atoms with E-state index in [1.807, 2.05) is 30.3 Å². The maximum atomic E-state index is 12.7. The van der Waals surface area contributed by atoms with Gasteiger partial charge in [0.1, 0.15) is 6.54 Å². The van der Waals surface area contributed by atoms with Crippen LogP contribution in [0.4, 0.5) is 16.2 Å². The fourth-order valence-corrected chi connectivity index (χ4v) is 4.92. The topological polar surface area (TPSA) is 144 Å². The van der Waals surface area contributed by atoms with Crippen molar-refractivity contribution in [2.24, 2.45) is 10.7 Å². The molecular formula is C27H26N4O6S. The summed E-state index contributed by atoms with van der Waals surface area (Å²) in [4.78, 5) is 28.9. The van der Waals surface area contributed by atoms with E-state index in [-0.39, 0.29) is 18.2 Å². The minimum atomic E-state index is -3.76. The predicted molar refractivity (Wildman–Crippen MR) is 146 cm³/mol. The number of ether oxygens (including phenoxy) is 1. The lowest BCUT2D eigenvalue weighted by atomic mass is 10.0. The zero-order valence-corrected chi connectivity index (χ0v) is 21.6.